The molecule has 1 aliphatic heterocycles. The maximum Gasteiger partial charge on any atom is 0.331 e. The monoisotopic (exact) mass is 282 g/mol. The van der Waals surface area contributed by atoms with E-state index in [1.807, 2.05) is 31.2 Å². The fourth-order valence-corrected chi connectivity index (χ4v) is 2.54. The summed E-state index contributed by atoms with van der Waals surface area (Å²) >= 11 is 5.98. The van der Waals surface area contributed by atoms with Crippen molar-refractivity contribution in [2.75, 3.05) is 25.0 Å². The number of anilines is 1. The molecular formula is C14H19ClN2O2. The summed E-state index contributed by atoms with van der Waals surface area (Å²) in [4.78, 5) is 12.3. The summed E-state index contributed by atoms with van der Waals surface area (Å²) in [6, 6.07) is 7.41. The number of ether oxygens (including phenoxy) is 1. The standard InChI is InChI=1S/C14H19ClN2O2/c1-2-19-13(18)14(6-8-16-9-7-14)17-12-5-3-4-11(15)10-12/h3-5,10,16-17H,2,6-9H2,1H3. The highest BCUT2D eigenvalue weighted by Gasteiger charge is 2.40. The molecule has 104 valence electrons. The summed E-state index contributed by atoms with van der Waals surface area (Å²) in [5.74, 6) is -0.184. The lowest BCUT2D eigenvalue weighted by atomic mass is 9.88. The number of rotatable bonds is 4. The number of hydrogen-bond donors (Lipinski definition) is 2. The Hall–Kier alpha value is -1.26. The van der Waals surface area contributed by atoms with Crippen LogP contribution in [0, 0.1) is 0 Å². The third-order valence-electron chi connectivity index (χ3n) is 3.33. The molecule has 0 spiro atoms. The summed E-state index contributed by atoms with van der Waals surface area (Å²) < 4.78 is 5.22. The molecule has 1 saturated heterocycles. The van der Waals surface area contributed by atoms with E-state index in [-0.39, 0.29) is 5.97 Å². The third kappa shape index (κ3) is 3.39. The van der Waals surface area contributed by atoms with Crippen molar-refractivity contribution in [1.82, 2.24) is 5.32 Å². The average Bonchev–Trinajstić information content (AvgIpc) is 2.40. The van der Waals surface area contributed by atoms with Gasteiger partial charge in [-0.2, -0.15) is 0 Å². The lowest BCUT2D eigenvalue weighted by Crippen LogP contribution is -2.54. The second-order valence-corrected chi connectivity index (χ2v) is 5.12. The molecule has 0 unspecified atom stereocenters. The first kappa shape index (κ1) is 14.2. The highest BCUT2D eigenvalue weighted by atomic mass is 35.5. The summed E-state index contributed by atoms with van der Waals surface area (Å²) in [6.07, 6.45) is 1.41. The maximum atomic E-state index is 12.3. The summed E-state index contributed by atoms with van der Waals surface area (Å²) in [6.45, 7) is 3.82. The molecule has 0 aromatic heterocycles. The molecule has 1 fully saturated rings. The van der Waals surface area contributed by atoms with E-state index in [4.69, 9.17) is 16.3 Å². The van der Waals surface area contributed by atoms with Crippen molar-refractivity contribution in [3.63, 3.8) is 0 Å². The quantitative estimate of drug-likeness (QED) is 0.833. The number of hydrogen-bond acceptors (Lipinski definition) is 4. The minimum Gasteiger partial charge on any atom is -0.464 e. The predicted octanol–water partition coefficient (Wildman–Crippen LogP) is 2.44. The third-order valence-corrected chi connectivity index (χ3v) is 3.57. The maximum absolute atomic E-state index is 12.3. The zero-order valence-corrected chi connectivity index (χ0v) is 11.8. The molecule has 2 N–H and O–H groups in total. The molecule has 1 aromatic rings. The first-order chi connectivity index (χ1) is 9.16. The van der Waals surface area contributed by atoms with Crippen molar-refractivity contribution in [2.24, 2.45) is 0 Å². The first-order valence-electron chi connectivity index (χ1n) is 6.58. The molecule has 1 heterocycles. The van der Waals surface area contributed by atoms with Gasteiger partial charge in [-0.05, 0) is 51.1 Å². The van der Waals surface area contributed by atoms with Crippen LogP contribution >= 0.6 is 11.6 Å². The number of halogens is 1. The molecule has 0 radical (unpaired) electrons. The Labute approximate surface area is 118 Å². The van der Waals surface area contributed by atoms with Crippen molar-refractivity contribution in [2.45, 2.75) is 25.3 Å². The van der Waals surface area contributed by atoms with Gasteiger partial charge < -0.3 is 15.4 Å². The zero-order chi connectivity index (χ0) is 13.7. The van der Waals surface area contributed by atoms with Crippen LogP contribution in [0.5, 0.6) is 0 Å². The smallest absolute Gasteiger partial charge is 0.331 e. The Morgan fingerprint density at radius 3 is 2.84 bits per heavy atom. The van der Waals surface area contributed by atoms with Crippen molar-refractivity contribution in [1.29, 1.82) is 0 Å². The van der Waals surface area contributed by atoms with Gasteiger partial charge in [0, 0.05) is 10.7 Å². The minimum atomic E-state index is -0.647. The topological polar surface area (TPSA) is 50.4 Å². The fraction of sp³-hybridized carbons (Fsp3) is 0.500. The van der Waals surface area contributed by atoms with Gasteiger partial charge in [0.2, 0.25) is 0 Å². The van der Waals surface area contributed by atoms with Crippen LogP contribution in [0.2, 0.25) is 5.02 Å². The second kappa shape index (κ2) is 6.26. The van der Waals surface area contributed by atoms with E-state index < -0.39 is 5.54 Å². The van der Waals surface area contributed by atoms with Gasteiger partial charge >= 0.3 is 5.97 Å². The van der Waals surface area contributed by atoms with Gasteiger partial charge in [-0.1, -0.05) is 17.7 Å². The molecule has 0 aliphatic carbocycles. The number of piperidine rings is 1. The van der Waals surface area contributed by atoms with Gasteiger partial charge in [-0.3, -0.25) is 0 Å². The van der Waals surface area contributed by atoms with E-state index in [1.54, 1.807) is 0 Å². The van der Waals surface area contributed by atoms with Gasteiger partial charge in [-0.25, -0.2) is 4.79 Å². The van der Waals surface area contributed by atoms with Gasteiger partial charge in [0.05, 0.1) is 6.61 Å². The second-order valence-electron chi connectivity index (χ2n) is 4.69. The van der Waals surface area contributed by atoms with Gasteiger partial charge in [0.25, 0.3) is 0 Å². The number of carbonyl (C=O) groups excluding carboxylic acids is 1. The highest BCUT2D eigenvalue weighted by Crippen LogP contribution is 2.27. The van der Waals surface area contributed by atoms with E-state index in [0.29, 0.717) is 24.5 Å². The van der Waals surface area contributed by atoms with Crippen molar-refractivity contribution < 1.29 is 9.53 Å². The van der Waals surface area contributed by atoms with Crippen LogP contribution in [0.15, 0.2) is 24.3 Å². The van der Waals surface area contributed by atoms with Crippen LogP contribution < -0.4 is 10.6 Å². The van der Waals surface area contributed by atoms with E-state index in [0.717, 1.165) is 18.8 Å². The van der Waals surface area contributed by atoms with Gasteiger partial charge in [0.1, 0.15) is 5.54 Å². The molecule has 19 heavy (non-hydrogen) atoms. The van der Waals surface area contributed by atoms with Crippen molar-refractivity contribution >= 4 is 23.3 Å². The predicted molar refractivity (Wildman–Crippen MR) is 76.5 cm³/mol. The van der Waals surface area contributed by atoms with Crippen LogP contribution in [0.4, 0.5) is 5.69 Å². The average molecular weight is 283 g/mol. The van der Waals surface area contributed by atoms with Crippen LogP contribution in [0.1, 0.15) is 19.8 Å². The molecule has 4 nitrogen and oxygen atoms in total. The molecule has 2 rings (SSSR count). The number of esters is 1. The number of nitrogens with one attached hydrogen (secondary N) is 2. The Balaban J connectivity index is 2.20. The summed E-state index contributed by atoms with van der Waals surface area (Å²) in [5, 5.41) is 7.23. The van der Waals surface area contributed by atoms with Crippen molar-refractivity contribution in [3.05, 3.63) is 29.3 Å². The van der Waals surface area contributed by atoms with Crippen molar-refractivity contribution in [3.8, 4) is 0 Å². The van der Waals surface area contributed by atoms with E-state index in [1.165, 1.54) is 0 Å². The molecule has 0 atom stereocenters. The minimum absolute atomic E-state index is 0.184. The Kier molecular flexibility index (Phi) is 4.66. The molecule has 1 aromatic carbocycles. The SMILES string of the molecule is CCOC(=O)C1(Nc2cccc(Cl)c2)CCNCC1. The van der Waals surface area contributed by atoms with E-state index >= 15 is 0 Å². The Morgan fingerprint density at radius 1 is 1.47 bits per heavy atom. The Bertz CT molecular complexity index is 445. The van der Waals surface area contributed by atoms with Crippen LogP contribution in [-0.2, 0) is 9.53 Å². The largest absolute Gasteiger partial charge is 0.464 e. The molecule has 0 saturated carbocycles. The van der Waals surface area contributed by atoms with Crippen LogP contribution in [0.25, 0.3) is 0 Å². The Morgan fingerprint density at radius 2 is 2.21 bits per heavy atom. The normalized spacial score (nSPS) is 17.8. The zero-order valence-electron chi connectivity index (χ0n) is 11.0. The molecule has 0 bridgehead atoms. The van der Waals surface area contributed by atoms with E-state index in [2.05, 4.69) is 10.6 Å². The molecule has 5 heteroatoms. The van der Waals surface area contributed by atoms with Crippen LogP contribution in [0.3, 0.4) is 0 Å². The first-order valence-corrected chi connectivity index (χ1v) is 6.96. The van der Waals surface area contributed by atoms with Crippen LogP contribution in [-0.4, -0.2) is 31.2 Å². The lowest BCUT2D eigenvalue weighted by molar-refractivity contribution is -0.149. The number of carbonyl (C=O) groups is 1. The summed E-state index contributed by atoms with van der Waals surface area (Å²) in [7, 11) is 0. The highest BCUT2D eigenvalue weighted by molar-refractivity contribution is 6.30. The molecule has 0 amide bonds. The van der Waals surface area contributed by atoms with Gasteiger partial charge in [-0.15, -0.1) is 0 Å². The van der Waals surface area contributed by atoms with E-state index in [9.17, 15) is 4.79 Å². The fourth-order valence-electron chi connectivity index (χ4n) is 2.35. The lowest BCUT2D eigenvalue weighted by Gasteiger charge is -2.36. The molecule has 1 aliphatic rings. The van der Waals surface area contributed by atoms with Gasteiger partial charge in [0.15, 0.2) is 0 Å². The number of benzene rings is 1. The molecular weight excluding hydrogens is 264 g/mol. The summed E-state index contributed by atoms with van der Waals surface area (Å²) in [5.41, 5.74) is 0.203.